The fraction of sp³-hybridized carbons (Fsp3) is 0.455. The summed E-state index contributed by atoms with van der Waals surface area (Å²) in [5.41, 5.74) is 2.44. The molecule has 1 aromatic heterocycles. The minimum Gasteiger partial charge on any atom is -0.497 e. The fourth-order valence-corrected chi connectivity index (χ4v) is 4.80. The highest BCUT2D eigenvalue weighted by molar-refractivity contribution is 7.09. The van der Waals surface area contributed by atoms with Gasteiger partial charge in [0.2, 0.25) is 5.91 Å². The third-order valence-electron chi connectivity index (χ3n) is 5.79. The summed E-state index contributed by atoms with van der Waals surface area (Å²) in [7, 11) is 1.67. The molecule has 0 bridgehead atoms. The number of hydrogen-bond acceptors (Lipinski definition) is 4. The summed E-state index contributed by atoms with van der Waals surface area (Å²) in [5.74, 6) is 0.915. The van der Waals surface area contributed by atoms with Crippen LogP contribution in [0, 0.1) is 5.92 Å². The van der Waals surface area contributed by atoms with Gasteiger partial charge in [0.1, 0.15) is 5.75 Å². The molecule has 7 heteroatoms. The molecule has 1 aromatic carbocycles. The molecule has 2 aliphatic heterocycles. The Hall–Kier alpha value is -2.54. The number of benzene rings is 1. The van der Waals surface area contributed by atoms with Crippen LogP contribution in [0.15, 0.2) is 35.7 Å². The van der Waals surface area contributed by atoms with Crippen molar-refractivity contribution >= 4 is 23.3 Å². The van der Waals surface area contributed by atoms with Gasteiger partial charge in [-0.05, 0) is 54.0 Å². The molecule has 4 rings (SSSR count). The number of nitrogens with zero attached hydrogens (tertiary/aromatic N) is 2. The number of carbonyl (C=O) groups is 2. The van der Waals surface area contributed by atoms with E-state index in [2.05, 4.69) is 17.4 Å². The average Bonchev–Trinajstić information content (AvgIpc) is 3.30. The largest absolute Gasteiger partial charge is 0.497 e. The zero-order chi connectivity index (χ0) is 20.2. The molecule has 1 atom stereocenters. The Bertz CT molecular complexity index is 868. The third-order valence-corrected chi connectivity index (χ3v) is 6.67. The number of rotatable bonds is 4. The molecule has 1 saturated heterocycles. The predicted octanol–water partition coefficient (Wildman–Crippen LogP) is 3.26. The molecule has 29 heavy (non-hydrogen) atoms. The van der Waals surface area contributed by atoms with Crippen LogP contribution in [-0.2, 0) is 24.3 Å². The van der Waals surface area contributed by atoms with E-state index in [4.69, 9.17) is 4.74 Å². The van der Waals surface area contributed by atoms with Crippen LogP contribution in [0.4, 0.5) is 4.79 Å². The molecule has 1 unspecified atom stereocenters. The SMILES string of the molecule is COc1ccc2c(c1)CCN(C(=O)C1CCCN(C(=O)NCc3cccs3)C1)C2. The van der Waals surface area contributed by atoms with Gasteiger partial charge in [-0.2, -0.15) is 0 Å². The summed E-state index contributed by atoms with van der Waals surface area (Å²) in [6.07, 6.45) is 2.56. The molecule has 154 valence electrons. The maximum atomic E-state index is 13.1. The summed E-state index contributed by atoms with van der Waals surface area (Å²) in [6.45, 7) is 3.11. The van der Waals surface area contributed by atoms with Crippen LogP contribution in [0.3, 0.4) is 0 Å². The van der Waals surface area contributed by atoms with Crippen LogP contribution in [0.2, 0.25) is 0 Å². The minimum atomic E-state index is -0.115. The highest BCUT2D eigenvalue weighted by Crippen LogP contribution is 2.26. The van der Waals surface area contributed by atoms with E-state index in [0.29, 0.717) is 26.2 Å². The molecule has 0 radical (unpaired) electrons. The van der Waals surface area contributed by atoms with Crippen molar-refractivity contribution < 1.29 is 14.3 Å². The van der Waals surface area contributed by atoms with E-state index in [-0.39, 0.29) is 17.9 Å². The van der Waals surface area contributed by atoms with Gasteiger partial charge in [-0.25, -0.2) is 4.79 Å². The van der Waals surface area contributed by atoms with Crippen molar-refractivity contribution in [2.45, 2.75) is 32.4 Å². The van der Waals surface area contributed by atoms with Crippen LogP contribution in [0.25, 0.3) is 0 Å². The van der Waals surface area contributed by atoms with Crippen molar-refractivity contribution in [3.63, 3.8) is 0 Å². The van der Waals surface area contributed by atoms with E-state index in [9.17, 15) is 9.59 Å². The summed E-state index contributed by atoms with van der Waals surface area (Å²) in [4.78, 5) is 30.6. The number of urea groups is 1. The summed E-state index contributed by atoms with van der Waals surface area (Å²) in [5, 5.41) is 4.98. The average molecular weight is 414 g/mol. The zero-order valence-corrected chi connectivity index (χ0v) is 17.5. The number of ether oxygens (including phenoxy) is 1. The Morgan fingerprint density at radius 3 is 2.90 bits per heavy atom. The number of amides is 3. The Morgan fingerprint density at radius 2 is 2.10 bits per heavy atom. The van der Waals surface area contributed by atoms with Gasteiger partial charge in [-0.15, -0.1) is 11.3 Å². The van der Waals surface area contributed by atoms with Gasteiger partial charge >= 0.3 is 6.03 Å². The van der Waals surface area contributed by atoms with Gasteiger partial charge in [-0.1, -0.05) is 12.1 Å². The van der Waals surface area contributed by atoms with Crippen LogP contribution in [-0.4, -0.2) is 48.5 Å². The smallest absolute Gasteiger partial charge is 0.317 e. The molecule has 2 aromatic rings. The lowest BCUT2D eigenvalue weighted by molar-refractivity contribution is -0.137. The topological polar surface area (TPSA) is 61.9 Å². The normalized spacial score (nSPS) is 18.9. The first-order valence-electron chi connectivity index (χ1n) is 10.1. The zero-order valence-electron chi connectivity index (χ0n) is 16.7. The number of thiophene rings is 1. The number of methoxy groups -OCH3 is 1. The van der Waals surface area contributed by atoms with Crippen molar-refractivity contribution in [1.82, 2.24) is 15.1 Å². The number of carbonyl (C=O) groups excluding carboxylic acids is 2. The number of likely N-dealkylation sites (tertiary alicyclic amines) is 1. The number of piperidine rings is 1. The van der Waals surface area contributed by atoms with E-state index in [1.165, 1.54) is 11.1 Å². The number of hydrogen-bond donors (Lipinski definition) is 1. The van der Waals surface area contributed by atoms with Gasteiger partial charge in [0.25, 0.3) is 0 Å². The Balaban J connectivity index is 1.34. The molecular weight excluding hydrogens is 386 g/mol. The van der Waals surface area contributed by atoms with Gasteiger partial charge in [-0.3, -0.25) is 4.79 Å². The molecule has 6 nitrogen and oxygen atoms in total. The van der Waals surface area contributed by atoms with Crippen molar-refractivity contribution in [2.75, 3.05) is 26.7 Å². The van der Waals surface area contributed by atoms with E-state index in [0.717, 1.165) is 36.4 Å². The summed E-state index contributed by atoms with van der Waals surface area (Å²) in [6, 6.07) is 9.99. The first kappa shape index (κ1) is 19.8. The molecule has 1 N–H and O–H groups in total. The minimum absolute atomic E-state index is 0.0769. The second-order valence-corrected chi connectivity index (χ2v) is 8.70. The van der Waals surface area contributed by atoms with Gasteiger partial charge in [0.15, 0.2) is 0 Å². The number of nitrogens with one attached hydrogen (secondary N) is 1. The molecule has 0 aliphatic carbocycles. The van der Waals surface area contributed by atoms with Crippen molar-refractivity contribution in [2.24, 2.45) is 5.92 Å². The van der Waals surface area contributed by atoms with Crippen LogP contribution < -0.4 is 10.1 Å². The highest BCUT2D eigenvalue weighted by Gasteiger charge is 2.32. The molecule has 0 spiro atoms. The van der Waals surface area contributed by atoms with Crippen LogP contribution in [0.5, 0.6) is 5.75 Å². The van der Waals surface area contributed by atoms with E-state index < -0.39 is 0 Å². The fourth-order valence-electron chi connectivity index (χ4n) is 4.15. The lowest BCUT2D eigenvalue weighted by Crippen LogP contribution is -2.50. The second-order valence-electron chi connectivity index (χ2n) is 7.67. The van der Waals surface area contributed by atoms with E-state index in [1.54, 1.807) is 23.3 Å². The molecule has 3 heterocycles. The van der Waals surface area contributed by atoms with Crippen molar-refractivity contribution in [3.05, 3.63) is 51.7 Å². The first-order valence-corrected chi connectivity index (χ1v) is 11.0. The van der Waals surface area contributed by atoms with Gasteiger partial charge in [0, 0.05) is 31.1 Å². The molecule has 1 fully saturated rings. The monoisotopic (exact) mass is 413 g/mol. The maximum Gasteiger partial charge on any atom is 0.317 e. The molecular formula is C22H27N3O3S. The van der Waals surface area contributed by atoms with Crippen molar-refractivity contribution in [3.8, 4) is 5.75 Å². The lowest BCUT2D eigenvalue weighted by Gasteiger charge is -2.36. The lowest BCUT2D eigenvalue weighted by atomic mass is 9.94. The number of fused-ring (bicyclic) bond motifs is 1. The molecule has 2 aliphatic rings. The van der Waals surface area contributed by atoms with Crippen LogP contribution >= 0.6 is 11.3 Å². The Morgan fingerprint density at radius 1 is 1.21 bits per heavy atom. The summed E-state index contributed by atoms with van der Waals surface area (Å²) >= 11 is 1.63. The Labute approximate surface area is 175 Å². The quantitative estimate of drug-likeness (QED) is 0.837. The maximum absolute atomic E-state index is 13.1. The third kappa shape index (κ3) is 4.56. The van der Waals surface area contributed by atoms with Gasteiger partial charge in [0.05, 0.1) is 19.6 Å². The highest BCUT2D eigenvalue weighted by atomic mass is 32.1. The van der Waals surface area contributed by atoms with Gasteiger partial charge < -0.3 is 19.9 Å². The second kappa shape index (κ2) is 8.86. The first-order chi connectivity index (χ1) is 14.1. The van der Waals surface area contributed by atoms with Crippen LogP contribution in [0.1, 0.15) is 28.8 Å². The standard InChI is InChI=1S/C22H27N3O3S/c1-28-19-7-6-17-14-24(10-8-16(17)12-19)21(26)18-4-2-9-25(15-18)22(27)23-13-20-5-3-11-29-20/h3,5-7,11-12,18H,2,4,8-10,13-15H2,1H3,(H,23,27). The predicted molar refractivity (Wildman–Crippen MR) is 113 cm³/mol. The molecule has 3 amide bonds. The Kier molecular flexibility index (Phi) is 6.04. The molecule has 0 saturated carbocycles. The summed E-state index contributed by atoms with van der Waals surface area (Å²) < 4.78 is 5.30. The van der Waals surface area contributed by atoms with E-state index >= 15 is 0 Å². The van der Waals surface area contributed by atoms with E-state index in [1.807, 2.05) is 28.5 Å². The van der Waals surface area contributed by atoms with Crippen molar-refractivity contribution in [1.29, 1.82) is 0 Å².